The van der Waals surface area contributed by atoms with Crippen LogP contribution < -0.4 is 10.2 Å². The normalized spacial score (nSPS) is 10.3. The molecule has 0 unspecified atom stereocenters. The van der Waals surface area contributed by atoms with Crippen LogP contribution in [-0.4, -0.2) is 23.3 Å². The fourth-order valence-electron chi connectivity index (χ4n) is 3.03. The van der Waals surface area contributed by atoms with E-state index in [1.54, 1.807) is 35.2 Å². The van der Waals surface area contributed by atoms with Crippen LogP contribution in [-0.2, 0) is 0 Å². The zero-order valence-electron chi connectivity index (χ0n) is 16.0. The van der Waals surface area contributed by atoms with Crippen LogP contribution in [0.4, 0.5) is 17.1 Å². The number of hydrogen-bond donors (Lipinski definition) is 1. The Labute approximate surface area is 187 Å². The van der Waals surface area contributed by atoms with E-state index in [0.29, 0.717) is 12.1 Å². The summed E-state index contributed by atoms with van der Waals surface area (Å²) in [6.07, 6.45) is 0. The van der Waals surface area contributed by atoms with Gasteiger partial charge in [0.05, 0.1) is 21.9 Å². The molecule has 0 aliphatic carbocycles. The summed E-state index contributed by atoms with van der Waals surface area (Å²) in [6.45, 7) is 2.31. The summed E-state index contributed by atoms with van der Waals surface area (Å²) in [4.78, 5) is 38.3. The molecule has 0 bridgehead atoms. The van der Waals surface area contributed by atoms with E-state index in [1.807, 2.05) is 31.2 Å². The maximum atomic E-state index is 13.3. The van der Waals surface area contributed by atoms with Crippen LogP contribution in [0.5, 0.6) is 0 Å². The average Bonchev–Trinajstić information content (AvgIpc) is 2.75. The third-order valence-corrected chi connectivity index (χ3v) is 5.37. The number of nitro groups is 1. The van der Waals surface area contributed by atoms with Crippen molar-refractivity contribution >= 4 is 51.5 Å². The van der Waals surface area contributed by atoms with E-state index in [-0.39, 0.29) is 22.8 Å². The van der Waals surface area contributed by atoms with Gasteiger partial charge in [0.2, 0.25) is 0 Å². The minimum atomic E-state index is -0.653. The van der Waals surface area contributed by atoms with Crippen LogP contribution in [0.25, 0.3) is 0 Å². The standard InChI is InChI=1S/C22H18IN3O4/c1-2-25(20-14-8-5-11-17(20)23)22(28)15-9-3-6-12-18(15)24-21(27)16-10-4-7-13-19(16)26(29)30/h3-14H,2H2,1H3,(H,24,27). The lowest BCUT2D eigenvalue weighted by atomic mass is 10.1. The fraction of sp³-hybridized carbons (Fsp3) is 0.0909. The smallest absolute Gasteiger partial charge is 0.282 e. The molecule has 30 heavy (non-hydrogen) atoms. The Morgan fingerprint density at radius 1 is 0.967 bits per heavy atom. The number of rotatable bonds is 6. The zero-order chi connectivity index (χ0) is 21.7. The minimum absolute atomic E-state index is 0.0743. The van der Waals surface area contributed by atoms with Crippen LogP contribution in [0.3, 0.4) is 0 Å². The summed E-state index contributed by atoms with van der Waals surface area (Å²) >= 11 is 2.17. The third-order valence-electron chi connectivity index (χ3n) is 4.46. The van der Waals surface area contributed by atoms with E-state index in [4.69, 9.17) is 0 Å². The molecule has 8 heteroatoms. The van der Waals surface area contributed by atoms with Crippen molar-refractivity contribution in [2.24, 2.45) is 0 Å². The van der Waals surface area contributed by atoms with Crippen LogP contribution in [0, 0.1) is 13.7 Å². The van der Waals surface area contributed by atoms with E-state index < -0.39 is 10.8 Å². The summed E-state index contributed by atoms with van der Waals surface area (Å²) in [5.41, 5.74) is 0.981. The van der Waals surface area contributed by atoms with E-state index in [0.717, 1.165) is 9.26 Å². The summed E-state index contributed by atoms with van der Waals surface area (Å²) < 4.78 is 0.923. The van der Waals surface area contributed by atoms with Gasteiger partial charge in [-0.2, -0.15) is 0 Å². The molecule has 0 aromatic heterocycles. The second-order valence-corrected chi connectivity index (χ2v) is 7.44. The Balaban J connectivity index is 1.95. The van der Waals surface area contributed by atoms with Crippen molar-refractivity contribution in [1.82, 2.24) is 0 Å². The van der Waals surface area contributed by atoms with Gasteiger partial charge in [-0.25, -0.2) is 0 Å². The Morgan fingerprint density at radius 3 is 2.23 bits per heavy atom. The topological polar surface area (TPSA) is 92.6 Å². The summed E-state index contributed by atoms with van der Waals surface area (Å²) in [7, 11) is 0. The van der Waals surface area contributed by atoms with Gasteiger partial charge in [-0.3, -0.25) is 19.7 Å². The number of carbonyl (C=O) groups excluding carboxylic acids is 2. The van der Waals surface area contributed by atoms with Gasteiger partial charge in [0.15, 0.2) is 0 Å². The molecule has 7 nitrogen and oxygen atoms in total. The number of hydrogen-bond acceptors (Lipinski definition) is 4. The quantitative estimate of drug-likeness (QED) is 0.280. The van der Waals surface area contributed by atoms with Crippen molar-refractivity contribution in [3.05, 3.63) is 97.6 Å². The molecular weight excluding hydrogens is 497 g/mol. The molecule has 0 saturated heterocycles. The van der Waals surface area contributed by atoms with Gasteiger partial charge in [0.25, 0.3) is 17.5 Å². The molecule has 0 aliphatic rings. The molecule has 0 spiro atoms. The number of halogens is 1. The number of amides is 2. The van der Waals surface area contributed by atoms with Crippen LogP contribution >= 0.6 is 22.6 Å². The maximum absolute atomic E-state index is 13.3. The number of nitrogens with one attached hydrogen (secondary N) is 1. The third kappa shape index (κ3) is 4.48. The number of carbonyl (C=O) groups is 2. The molecule has 152 valence electrons. The number of anilines is 2. The van der Waals surface area contributed by atoms with Crippen LogP contribution in [0.2, 0.25) is 0 Å². The lowest BCUT2D eigenvalue weighted by Gasteiger charge is -2.23. The van der Waals surface area contributed by atoms with E-state index >= 15 is 0 Å². The molecule has 0 fully saturated rings. The van der Waals surface area contributed by atoms with E-state index in [2.05, 4.69) is 27.9 Å². The molecule has 0 aliphatic heterocycles. The van der Waals surface area contributed by atoms with Crippen molar-refractivity contribution in [3.63, 3.8) is 0 Å². The second kappa shape index (κ2) is 9.49. The van der Waals surface area contributed by atoms with Crippen LogP contribution in [0.1, 0.15) is 27.6 Å². The molecular formula is C22H18IN3O4. The highest BCUT2D eigenvalue weighted by Crippen LogP contribution is 2.27. The summed E-state index contributed by atoms with van der Waals surface area (Å²) in [6, 6.07) is 19.8. The van der Waals surface area contributed by atoms with Gasteiger partial charge in [-0.05, 0) is 59.8 Å². The Kier molecular flexibility index (Phi) is 6.78. The summed E-state index contributed by atoms with van der Waals surface area (Å²) in [5.74, 6) is -0.931. The van der Waals surface area contributed by atoms with Crippen molar-refractivity contribution in [2.75, 3.05) is 16.8 Å². The van der Waals surface area contributed by atoms with Crippen molar-refractivity contribution in [2.45, 2.75) is 6.92 Å². The molecule has 2 amide bonds. The molecule has 0 radical (unpaired) electrons. The first kappa shape index (κ1) is 21.4. The highest BCUT2D eigenvalue weighted by atomic mass is 127. The van der Waals surface area contributed by atoms with Gasteiger partial charge in [0, 0.05) is 16.2 Å². The van der Waals surface area contributed by atoms with Crippen molar-refractivity contribution in [1.29, 1.82) is 0 Å². The van der Waals surface area contributed by atoms with Gasteiger partial charge >= 0.3 is 0 Å². The first-order valence-corrected chi connectivity index (χ1v) is 10.2. The van der Waals surface area contributed by atoms with Gasteiger partial charge in [0.1, 0.15) is 5.56 Å². The number of nitro benzene ring substituents is 1. The second-order valence-electron chi connectivity index (χ2n) is 6.27. The van der Waals surface area contributed by atoms with Gasteiger partial charge in [-0.15, -0.1) is 0 Å². The fourth-order valence-corrected chi connectivity index (χ4v) is 3.71. The molecule has 0 saturated carbocycles. The minimum Gasteiger partial charge on any atom is -0.321 e. The highest BCUT2D eigenvalue weighted by molar-refractivity contribution is 14.1. The first-order valence-electron chi connectivity index (χ1n) is 9.14. The van der Waals surface area contributed by atoms with E-state index in [1.165, 1.54) is 18.2 Å². The number of para-hydroxylation sites is 3. The largest absolute Gasteiger partial charge is 0.321 e. The molecule has 1 N–H and O–H groups in total. The lowest BCUT2D eigenvalue weighted by molar-refractivity contribution is -0.385. The molecule has 0 heterocycles. The Hall–Kier alpha value is -3.27. The maximum Gasteiger partial charge on any atom is 0.282 e. The molecule has 3 rings (SSSR count). The Morgan fingerprint density at radius 2 is 1.57 bits per heavy atom. The SMILES string of the molecule is CCN(C(=O)c1ccccc1NC(=O)c1ccccc1[N+](=O)[O-])c1ccccc1I. The Bertz CT molecular complexity index is 1120. The monoisotopic (exact) mass is 515 g/mol. The average molecular weight is 515 g/mol. The first-order chi connectivity index (χ1) is 14.4. The van der Waals surface area contributed by atoms with Crippen molar-refractivity contribution < 1.29 is 14.5 Å². The number of nitrogens with zero attached hydrogens (tertiary/aromatic N) is 2. The van der Waals surface area contributed by atoms with Gasteiger partial charge in [-0.1, -0.05) is 36.4 Å². The predicted molar refractivity (Wildman–Crippen MR) is 124 cm³/mol. The van der Waals surface area contributed by atoms with Crippen molar-refractivity contribution in [3.8, 4) is 0 Å². The lowest BCUT2D eigenvalue weighted by Crippen LogP contribution is -2.32. The summed E-state index contributed by atoms with van der Waals surface area (Å²) in [5, 5.41) is 13.9. The molecule has 3 aromatic carbocycles. The van der Waals surface area contributed by atoms with Gasteiger partial charge < -0.3 is 10.2 Å². The van der Waals surface area contributed by atoms with Crippen LogP contribution in [0.15, 0.2) is 72.8 Å². The number of benzene rings is 3. The molecule has 0 atom stereocenters. The zero-order valence-corrected chi connectivity index (χ0v) is 18.2. The predicted octanol–water partition coefficient (Wildman–Crippen LogP) is 5.12. The molecule has 3 aromatic rings. The highest BCUT2D eigenvalue weighted by Gasteiger charge is 2.24. The van der Waals surface area contributed by atoms with E-state index in [9.17, 15) is 19.7 Å².